The Morgan fingerprint density at radius 2 is 2.23 bits per heavy atom. The first kappa shape index (κ1) is 16.8. The number of hydrogen-bond donors (Lipinski definition) is 3. The number of aryl methyl sites for hydroxylation is 2. The quantitative estimate of drug-likeness (QED) is 0.567. The Labute approximate surface area is 132 Å². The van der Waals surface area contributed by atoms with E-state index in [9.17, 15) is 5.11 Å². The zero-order chi connectivity index (χ0) is 16.2. The summed E-state index contributed by atoms with van der Waals surface area (Å²) in [5, 5.41) is 17.1. The average Bonchev–Trinajstić information content (AvgIpc) is 3.08. The highest BCUT2D eigenvalue weighted by Gasteiger charge is 2.28. The molecule has 1 aliphatic heterocycles. The Balaban J connectivity index is 1.87. The smallest absolute Gasteiger partial charge is 0.191 e. The minimum absolute atomic E-state index is 0.248. The van der Waals surface area contributed by atoms with Crippen LogP contribution in [0.25, 0.3) is 0 Å². The van der Waals surface area contributed by atoms with E-state index in [4.69, 9.17) is 9.15 Å². The maximum Gasteiger partial charge on any atom is 0.191 e. The van der Waals surface area contributed by atoms with Gasteiger partial charge in [0.25, 0.3) is 0 Å². The Morgan fingerprint density at radius 3 is 2.77 bits per heavy atom. The minimum Gasteiger partial charge on any atom is -0.466 e. The molecule has 1 saturated heterocycles. The molecule has 2 atom stereocenters. The van der Waals surface area contributed by atoms with Gasteiger partial charge in [-0.05, 0) is 39.7 Å². The summed E-state index contributed by atoms with van der Waals surface area (Å²) in [6.45, 7) is 7.42. The normalized spacial score (nSPS) is 21.7. The summed E-state index contributed by atoms with van der Waals surface area (Å²) in [6, 6.07) is 1.87. The average molecular weight is 309 g/mol. The molecule has 0 aliphatic carbocycles. The number of nitrogens with zero attached hydrogens (tertiary/aromatic N) is 1. The number of hydrogen-bond acceptors (Lipinski definition) is 4. The molecule has 2 unspecified atom stereocenters. The van der Waals surface area contributed by atoms with Crippen LogP contribution in [0, 0.1) is 13.8 Å². The molecule has 6 nitrogen and oxygen atoms in total. The summed E-state index contributed by atoms with van der Waals surface area (Å²) >= 11 is 0. The van der Waals surface area contributed by atoms with E-state index in [-0.39, 0.29) is 6.10 Å². The molecule has 0 bridgehead atoms. The number of aliphatic hydroxyl groups is 1. The summed E-state index contributed by atoms with van der Waals surface area (Å²) in [6.07, 6.45) is 2.44. The van der Waals surface area contributed by atoms with Gasteiger partial charge in [0.15, 0.2) is 5.96 Å². The SMILES string of the molecule is CN=C(NCC1CCCO1)NCC(C)(O)c1cc(C)oc1C. The van der Waals surface area contributed by atoms with Crippen molar-refractivity contribution in [2.75, 3.05) is 26.7 Å². The molecule has 1 aromatic heterocycles. The van der Waals surface area contributed by atoms with Crippen LogP contribution in [0.5, 0.6) is 0 Å². The number of rotatable bonds is 5. The lowest BCUT2D eigenvalue weighted by molar-refractivity contribution is 0.0600. The summed E-state index contributed by atoms with van der Waals surface area (Å²) in [5.41, 5.74) is -0.226. The van der Waals surface area contributed by atoms with Crippen molar-refractivity contribution in [1.29, 1.82) is 0 Å². The molecule has 0 spiro atoms. The van der Waals surface area contributed by atoms with Crippen LogP contribution in [0.3, 0.4) is 0 Å². The topological polar surface area (TPSA) is 79.0 Å². The Bertz CT molecular complexity index is 517. The lowest BCUT2D eigenvalue weighted by atomic mass is 9.96. The van der Waals surface area contributed by atoms with Crippen LogP contribution in [0.4, 0.5) is 0 Å². The molecular weight excluding hydrogens is 282 g/mol. The van der Waals surface area contributed by atoms with Crippen LogP contribution in [-0.2, 0) is 10.3 Å². The van der Waals surface area contributed by atoms with E-state index in [0.29, 0.717) is 12.5 Å². The Morgan fingerprint density at radius 1 is 1.45 bits per heavy atom. The van der Waals surface area contributed by atoms with E-state index in [1.807, 2.05) is 19.9 Å². The van der Waals surface area contributed by atoms with Crippen molar-refractivity contribution in [2.24, 2.45) is 4.99 Å². The van der Waals surface area contributed by atoms with Crippen LogP contribution in [0.1, 0.15) is 36.8 Å². The molecule has 0 radical (unpaired) electrons. The van der Waals surface area contributed by atoms with E-state index in [1.165, 1.54) is 0 Å². The van der Waals surface area contributed by atoms with Gasteiger partial charge in [0.05, 0.1) is 12.6 Å². The highest BCUT2D eigenvalue weighted by atomic mass is 16.5. The van der Waals surface area contributed by atoms with Crippen molar-refractivity contribution in [2.45, 2.75) is 45.3 Å². The van der Waals surface area contributed by atoms with Gasteiger partial charge in [-0.25, -0.2) is 0 Å². The maximum atomic E-state index is 10.7. The maximum absolute atomic E-state index is 10.7. The molecule has 22 heavy (non-hydrogen) atoms. The van der Waals surface area contributed by atoms with E-state index in [1.54, 1.807) is 14.0 Å². The van der Waals surface area contributed by atoms with Crippen molar-refractivity contribution in [3.63, 3.8) is 0 Å². The zero-order valence-corrected chi connectivity index (χ0v) is 13.9. The highest BCUT2D eigenvalue weighted by molar-refractivity contribution is 5.79. The first-order chi connectivity index (χ1) is 10.4. The minimum atomic E-state index is -1.02. The second-order valence-electron chi connectivity index (χ2n) is 6.04. The van der Waals surface area contributed by atoms with Gasteiger partial charge in [0.2, 0.25) is 0 Å². The highest BCUT2D eigenvalue weighted by Crippen LogP contribution is 2.26. The molecule has 1 aromatic rings. The molecule has 2 heterocycles. The third-order valence-electron chi connectivity index (χ3n) is 3.97. The van der Waals surface area contributed by atoms with Crippen LogP contribution in [0.15, 0.2) is 15.5 Å². The Hall–Kier alpha value is -1.53. The number of aliphatic imine (C=N–C) groups is 1. The van der Waals surface area contributed by atoms with E-state index in [0.717, 1.165) is 43.1 Å². The van der Waals surface area contributed by atoms with Crippen LogP contribution in [-0.4, -0.2) is 43.9 Å². The number of nitrogens with one attached hydrogen (secondary N) is 2. The third kappa shape index (κ3) is 4.24. The van der Waals surface area contributed by atoms with Gasteiger partial charge in [0.1, 0.15) is 17.1 Å². The second kappa shape index (κ2) is 7.15. The largest absolute Gasteiger partial charge is 0.466 e. The van der Waals surface area contributed by atoms with Gasteiger partial charge in [-0.1, -0.05) is 0 Å². The van der Waals surface area contributed by atoms with E-state index in [2.05, 4.69) is 15.6 Å². The molecule has 124 valence electrons. The van der Waals surface area contributed by atoms with Gasteiger partial charge < -0.3 is 24.9 Å². The fraction of sp³-hybridized carbons (Fsp3) is 0.688. The lowest BCUT2D eigenvalue weighted by Gasteiger charge is -2.25. The molecule has 6 heteroatoms. The molecule has 3 N–H and O–H groups in total. The summed E-state index contributed by atoms with van der Waals surface area (Å²) < 4.78 is 11.1. The lowest BCUT2D eigenvalue weighted by Crippen LogP contribution is -2.46. The first-order valence-corrected chi connectivity index (χ1v) is 7.78. The number of guanidine groups is 1. The summed E-state index contributed by atoms with van der Waals surface area (Å²) in [7, 11) is 1.72. The molecule has 0 amide bonds. The van der Waals surface area contributed by atoms with Crippen molar-refractivity contribution in [3.05, 3.63) is 23.2 Å². The molecule has 0 saturated carbocycles. The summed E-state index contributed by atoms with van der Waals surface area (Å²) in [4.78, 5) is 4.18. The predicted molar refractivity (Wildman–Crippen MR) is 86.1 cm³/mol. The van der Waals surface area contributed by atoms with Crippen molar-refractivity contribution in [1.82, 2.24) is 10.6 Å². The Kier molecular flexibility index (Phi) is 5.47. The molecular formula is C16H27N3O3. The van der Waals surface area contributed by atoms with Crippen molar-refractivity contribution < 1.29 is 14.3 Å². The standard InChI is InChI=1S/C16H27N3O3/c1-11-8-14(12(2)22-11)16(3,20)10-19-15(17-4)18-9-13-6-5-7-21-13/h8,13,20H,5-7,9-10H2,1-4H3,(H2,17,18,19). The van der Waals surface area contributed by atoms with Crippen LogP contribution in [0.2, 0.25) is 0 Å². The van der Waals surface area contributed by atoms with Crippen molar-refractivity contribution >= 4 is 5.96 Å². The molecule has 1 fully saturated rings. The van der Waals surface area contributed by atoms with Crippen LogP contribution < -0.4 is 10.6 Å². The zero-order valence-electron chi connectivity index (χ0n) is 13.9. The monoisotopic (exact) mass is 309 g/mol. The van der Waals surface area contributed by atoms with Gasteiger partial charge >= 0.3 is 0 Å². The molecule has 0 aromatic carbocycles. The van der Waals surface area contributed by atoms with Crippen LogP contribution >= 0.6 is 0 Å². The van der Waals surface area contributed by atoms with Gasteiger partial charge in [-0.2, -0.15) is 0 Å². The van der Waals surface area contributed by atoms with Gasteiger partial charge in [-0.15, -0.1) is 0 Å². The van der Waals surface area contributed by atoms with Gasteiger partial charge in [0, 0.05) is 25.8 Å². The second-order valence-corrected chi connectivity index (χ2v) is 6.04. The predicted octanol–water partition coefficient (Wildman–Crippen LogP) is 1.45. The van der Waals surface area contributed by atoms with E-state index < -0.39 is 5.60 Å². The van der Waals surface area contributed by atoms with Gasteiger partial charge in [-0.3, -0.25) is 4.99 Å². The molecule has 1 aliphatic rings. The van der Waals surface area contributed by atoms with E-state index >= 15 is 0 Å². The fourth-order valence-electron chi connectivity index (χ4n) is 2.75. The third-order valence-corrected chi connectivity index (χ3v) is 3.97. The first-order valence-electron chi connectivity index (χ1n) is 7.78. The fourth-order valence-corrected chi connectivity index (χ4v) is 2.75. The molecule has 2 rings (SSSR count). The number of ether oxygens (including phenoxy) is 1. The number of furan rings is 1. The summed E-state index contributed by atoms with van der Waals surface area (Å²) in [5.74, 6) is 2.20. The van der Waals surface area contributed by atoms with Crippen molar-refractivity contribution in [3.8, 4) is 0 Å².